The van der Waals surface area contributed by atoms with E-state index < -0.39 is 86.4 Å². The smallest absolute Gasteiger partial charge is 0.497 e. The second-order valence-corrected chi connectivity index (χ2v) is 19.1. The Morgan fingerprint density at radius 1 is 0.968 bits per heavy atom. The van der Waals surface area contributed by atoms with E-state index in [1.54, 1.807) is 45.0 Å². The lowest BCUT2D eigenvalue weighted by Crippen LogP contribution is -2.58. The van der Waals surface area contributed by atoms with Crippen LogP contribution in [0.15, 0.2) is 60.7 Å². The van der Waals surface area contributed by atoms with Crippen molar-refractivity contribution in [3.8, 4) is 28.6 Å². The van der Waals surface area contributed by atoms with Crippen LogP contribution >= 0.6 is 0 Å². The molecule has 1 saturated heterocycles. The third-order valence-electron chi connectivity index (χ3n) is 11.2. The van der Waals surface area contributed by atoms with Gasteiger partial charge >= 0.3 is 12.5 Å². The number of halogens is 3. The maximum Gasteiger partial charge on any atom is 0.573 e. The average molecular weight is 886 g/mol. The Morgan fingerprint density at radius 2 is 1.69 bits per heavy atom. The van der Waals surface area contributed by atoms with Gasteiger partial charge in [-0.1, -0.05) is 25.0 Å². The van der Waals surface area contributed by atoms with Crippen LogP contribution in [0.25, 0.3) is 22.0 Å². The zero-order chi connectivity index (χ0) is 44.6. The number of pyridine rings is 1. The Hall–Kier alpha value is -5.59. The van der Waals surface area contributed by atoms with E-state index in [2.05, 4.69) is 20.1 Å². The summed E-state index contributed by atoms with van der Waals surface area (Å²) in [6, 6.07) is 9.63. The molecule has 19 heteroatoms. The first-order valence-electron chi connectivity index (χ1n) is 20.6. The average Bonchev–Trinajstić information content (AvgIpc) is 4.12. The highest BCUT2D eigenvalue weighted by molar-refractivity contribution is 7.91. The van der Waals surface area contributed by atoms with Gasteiger partial charge in [0.25, 0.3) is 5.91 Å². The molecule has 3 aromatic rings. The van der Waals surface area contributed by atoms with Crippen LogP contribution in [0.1, 0.15) is 78.6 Å². The minimum Gasteiger partial charge on any atom is -0.497 e. The summed E-state index contributed by atoms with van der Waals surface area (Å²) in [5.74, 6) is -2.50. The molecule has 5 atom stereocenters. The summed E-state index contributed by atoms with van der Waals surface area (Å²) < 4.78 is 88.3. The van der Waals surface area contributed by atoms with E-state index in [0.717, 1.165) is 18.6 Å². The van der Waals surface area contributed by atoms with Crippen molar-refractivity contribution in [3.63, 3.8) is 0 Å². The van der Waals surface area contributed by atoms with E-state index in [1.807, 2.05) is 12.2 Å². The number of hydrogen-bond acceptors (Lipinski definition) is 11. The van der Waals surface area contributed by atoms with E-state index in [-0.39, 0.29) is 31.7 Å². The number of alkyl carbamates (subject to hydrolysis) is 1. The van der Waals surface area contributed by atoms with Gasteiger partial charge in [0.1, 0.15) is 40.8 Å². The second kappa shape index (κ2) is 17.3. The molecule has 3 heterocycles. The number of ether oxygens (including phenoxy) is 4. The van der Waals surface area contributed by atoms with E-state index >= 15 is 0 Å². The van der Waals surface area contributed by atoms with Gasteiger partial charge in [-0.05, 0) is 113 Å². The van der Waals surface area contributed by atoms with Gasteiger partial charge in [-0.3, -0.25) is 19.1 Å². The minimum absolute atomic E-state index is 0.0910. The van der Waals surface area contributed by atoms with Gasteiger partial charge in [0, 0.05) is 23.3 Å². The number of nitrogens with zero attached hydrogens (tertiary/aromatic N) is 2. The number of fused-ring (bicyclic) bond motifs is 3. The normalized spacial score (nSPS) is 25.2. The van der Waals surface area contributed by atoms with Crippen molar-refractivity contribution in [2.45, 2.75) is 119 Å². The van der Waals surface area contributed by atoms with E-state index in [9.17, 15) is 40.8 Å². The Balaban J connectivity index is 1.23. The molecular formula is C43H50F3N5O10S. The molecule has 2 saturated carbocycles. The molecule has 2 aromatic carbocycles. The number of carbonyl (C=O) groups excluding carboxylic acids is 4. The molecule has 2 unspecified atom stereocenters. The van der Waals surface area contributed by atoms with Gasteiger partial charge in [-0.2, -0.15) is 0 Å². The molecular weight excluding hydrogens is 836 g/mol. The third kappa shape index (κ3) is 10.5. The zero-order valence-corrected chi connectivity index (χ0v) is 35.6. The maximum atomic E-state index is 14.7. The summed E-state index contributed by atoms with van der Waals surface area (Å²) in [5.41, 5.74) is -1.71. The number of allylic oxidation sites excluding steroid dienone is 1. The van der Waals surface area contributed by atoms with Gasteiger partial charge in [-0.15, -0.1) is 13.2 Å². The first-order valence-corrected chi connectivity index (χ1v) is 22.1. The van der Waals surface area contributed by atoms with Crippen LogP contribution in [0.4, 0.5) is 18.0 Å². The Morgan fingerprint density at radius 3 is 2.37 bits per heavy atom. The molecule has 62 heavy (non-hydrogen) atoms. The molecule has 2 aliphatic carbocycles. The van der Waals surface area contributed by atoms with Gasteiger partial charge < -0.3 is 34.5 Å². The lowest BCUT2D eigenvalue weighted by atomic mass is 10.0. The van der Waals surface area contributed by atoms with Crippen molar-refractivity contribution >= 4 is 44.6 Å². The lowest BCUT2D eigenvalue weighted by Gasteiger charge is -2.30. The van der Waals surface area contributed by atoms with Crippen LogP contribution < -0.4 is 29.6 Å². The number of alkyl halides is 3. The first-order chi connectivity index (χ1) is 29.2. The van der Waals surface area contributed by atoms with Gasteiger partial charge in [-0.25, -0.2) is 18.2 Å². The molecule has 7 rings (SSSR count). The monoisotopic (exact) mass is 885 g/mol. The van der Waals surface area contributed by atoms with E-state index in [1.165, 1.54) is 24.1 Å². The van der Waals surface area contributed by atoms with E-state index in [0.29, 0.717) is 59.9 Å². The summed E-state index contributed by atoms with van der Waals surface area (Å²) in [4.78, 5) is 62.2. The molecule has 1 aromatic heterocycles. The fourth-order valence-corrected chi connectivity index (χ4v) is 9.22. The number of carbonyl (C=O) groups is 4. The number of rotatable bonds is 9. The zero-order valence-electron chi connectivity index (χ0n) is 34.8. The molecule has 2 aliphatic heterocycles. The van der Waals surface area contributed by atoms with Crippen LogP contribution in [0, 0.1) is 5.92 Å². The quantitative estimate of drug-likeness (QED) is 0.212. The molecule has 334 valence electrons. The van der Waals surface area contributed by atoms with Crippen LogP contribution in [-0.4, -0.2) is 96.7 Å². The fourth-order valence-electron chi connectivity index (χ4n) is 7.85. The van der Waals surface area contributed by atoms with Gasteiger partial charge in [0.15, 0.2) is 0 Å². The van der Waals surface area contributed by atoms with Crippen LogP contribution in [-0.2, 0) is 29.1 Å². The number of nitrogens with one attached hydrogen (secondary N) is 3. The Labute approximate surface area is 357 Å². The summed E-state index contributed by atoms with van der Waals surface area (Å²) in [6.07, 6.45) is 0.877. The predicted molar refractivity (Wildman–Crippen MR) is 219 cm³/mol. The van der Waals surface area contributed by atoms with Crippen molar-refractivity contribution in [1.82, 2.24) is 25.2 Å². The molecule has 0 radical (unpaired) electrons. The van der Waals surface area contributed by atoms with Crippen molar-refractivity contribution in [2.75, 3.05) is 13.7 Å². The highest BCUT2D eigenvalue weighted by Gasteiger charge is 2.62. The highest BCUT2D eigenvalue weighted by atomic mass is 32.2. The van der Waals surface area contributed by atoms with Crippen LogP contribution in [0.5, 0.6) is 17.4 Å². The number of sulfonamides is 1. The molecule has 4 amide bonds. The fraction of sp³-hybridized carbons (Fsp3) is 0.512. The lowest BCUT2D eigenvalue weighted by molar-refractivity contribution is -0.274. The minimum atomic E-state index is -4.88. The number of methoxy groups -OCH3 is 1. The largest absolute Gasteiger partial charge is 0.573 e. The van der Waals surface area contributed by atoms with Crippen molar-refractivity contribution < 1.29 is 59.7 Å². The summed E-state index contributed by atoms with van der Waals surface area (Å²) in [6.45, 7) is 4.91. The Bertz CT molecular complexity index is 2350. The Kier molecular flexibility index (Phi) is 12.4. The topological polar surface area (TPSA) is 192 Å². The molecule has 3 fully saturated rings. The van der Waals surface area contributed by atoms with Crippen molar-refractivity contribution in [1.29, 1.82) is 0 Å². The number of hydrogen-bond donors (Lipinski definition) is 3. The summed E-state index contributed by atoms with van der Waals surface area (Å²) >= 11 is 0. The SMILES string of the molecule is COc1ccc2c(OC3C[C@H]4C(=O)N[C@]5(C(=O)NS(=O)(=O)C6CC6)CC5/C=C\CCCCC[C@H](NC(=O)OC(C)(C)C)C(=O)N4C3)nc(-c3ccc(OC(F)(F)F)cc3)cc2c1. The number of benzene rings is 2. The van der Waals surface area contributed by atoms with Crippen molar-refractivity contribution in [3.05, 3.63) is 60.7 Å². The summed E-state index contributed by atoms with van der Waals surface area (Å²) in [7, 11) is -2.47. The predicted octanol–water partition coefficient (Wildman–Crippen LogP) is 6.05. The van der Waals surface area contributed by atoms with E-state index in [4.69, 9.17) is 19.2 Å². The highest BCUT2D eigenvalue weighted by Crippen LogP contribution is 2.46. The van der Waals surface area contributed by atoms with Gasteiger partial charge in [0.2, 0.25) is 27.7 Å². The third-order valence-corrected chi connectivity index (χ3v) is 13.0. The maximum absolute atomic E-state index is 14.7. The molecule has 15 nitrogen and oxygen atoms in total. The van der Waals surface area contributed by atoms with Gasteiger partial charge in [0.05, 0.1) is 24.6 Å². The first kappa shape index (κ1) is 44.5. The number of amides is 4. The number of aromatic nitrogens is 1. The van der Waals surface area contributed by atoms with Crippen LogP contribution in [0.3, 0.4) is 0 Å². The summed E-state index contributed by atoms with van der Waals surface area (Å²) in [5, 5.41) is 5.98. The second-order valence-electron chi connectivity index (χ2n) is 17.2. The standard InChI is InChI=1S/C43H50F3N5O10S/c1-41(2,3)61-40(55)48-33-11-9-7-5-6-8-10-27-23-42(27,39(54)50-62(56,57)31-17-18-31)49-36(52)35-22-30(24-51(35)38(33)53)59-37-32-19-16-29(58-4)20-26(32)21-34(47-37)25-12-14-28(15-13-25)60-43(44,45)46/h8,10,12-16,19-21,27,30-31,33,35H,5-7,9,11,17-18,22-24H2,1-4H3,(H,48,55)(H,49,52)(H,50,54)/b10-8-/t27?,30?,33-,35-,42+/m0/s1. The van der Waals surface area contributed by atoms with Crippen molar-refractivity contribution in [2.24, 2.45) is 5.92 Å². The van der Waals surface area contributed by atoms with Crippen LogP contribution in [0.2, 0.25) is 0 Å². The molecule has 3 N–H and O–H groups in total. The molecule has 0 spiro atoms. The molecule has 4 aliphatic rings. The molecule has 0 bridgehead atoms.